The molecular formula is C18H22N2O3. The van der Waals surface area contributed by atoms with Crippen molar-refractivity contribution >= 4 is 16.8 Å². The van der Waals surface area contributed by atoms with E-state index in [1.54, 1.807) is 7.11 Å². The van der Waals surface area contributed by atoms with Gasteiger partial charge >= 0.3 is 0 Å². The zero-order valence-corrected chi connectivity index (χ0v) is 13.4. The molecule has 0 N–H and O–H groups in total. The molecule has 23 heavy (non-hydrogen) atoms. The summed E-state index contributed by atoms with van der Waals surface area (Å²) in [6.07, 6.45) is 5.54. The van der Waals surface area contributed by atoms with Crippen LogP contribution in [0, 0.1) is 0 Å². The van der Waals surface area contributed by atoms with Crippen molar-refractivity contribution < 1.29 is 14.3 Å². The van der Waals surface area contributed by atoms with Crippen LogP contribution in [0.25, 0.3) is 10.9 Å². The summed E-state index contributed by atoms with van der Waals surface area (Å²) in [5.74, 6) is 1.03. The van der Waals surface area contributed by atoms with Gasteiger partial charge in [0.15, 0.2) is 0 Å². The number of hydrogen-bond donors (Lipinski definition) is 0. The van der Waals surface area contributed by atoms with Gasteiger partial charge < -0.3 is 18.9 Å². The predicted molar refractivity (Wildman–Crippen MR) is 87.6 cm³/mol. The second-order valence-electron chi connectivity index (χ2n) is 6.36. The normalized spacial score (nSPS) is 24.0. The van der Waals surface area contributed by atoms with Gasteiger partial charge in [0.05, 0.1) is 25.9 Å². The van der Waals surface area contributed by atoms with Gasteiger partial charge in [-0.25, -0.2) is 0 Å². The SMILES string of the molecule is COc1ccc2c(ccn2CC(=O)N2CCO[C@H]3CCC[C@@H]32)c1. The first-order valence-electron chi connectivity index (χ1n) is 8.30. The van der Waals surface area contributed by atoms with Crippen molar-refractivity contribution in [1.82, 2.24) is 9.47 Å². The number of morpholine rings is 1. The Labute approximate surface area is 135 Å². The highest BCUT2D eigenvalue weighted by atomic mass is 16.5. The van der Waals surface area contributed by atoms with Gasteiger partial charge in [-0.15, -0.1) is 0 Å². The number of carbonyl (C=O) groups is 1. The number of ether oxygens (including phenoxy) is 2. The molecule has 2 aliphatic rings. The second kappa shape index (κ2) is 5.89. The third kappa shape index (κ3) is 2.59. The number of methoxy groups -OCH3 is 1. The Kier molecular flexibility index (Phi) is 3.73. The van der Waals surface area contributed by atoms with Gasteiger partial charge in [-0.3, -0.25) is 4.79 Å². The highest BCUT2D eigenvalue weighted by molar-refractivity contribution is 5.84. The fourth-order valence-corrected chi connectivity index (χ4v) is 3.91. The summed E-state index contributed by atoms with van der Waals surface area (Å²) < 4.78 is 13.1. The van der Waals surface area contributed by atoms with Crippen molar-refractivity contribution in [3.8, 4) is 5.75 Å². The van der Waals surface area contributed by atoms with Crippen LogP contribution in [0.3, 0.4) is 0 Å². The van der Waals surface area contributed by atoms with E-state index in [-0.39, 0.29) is 18.1 Å². The van der Waals surface area contributed by atoms with E-state index < -0.39 is 0 Å². The van der Waals surface area contributed by atoms with Gasteiger partial charge in [0, 0.05) is 23.6 Å². The summed E-state index contributed by atoms with van der Waals surface area (Å²) in [5.41, 5.74) is 1.07. The summed E-state index contributed by atoms with van der Waals surface area (Å²) >= 11 is 0. The number of aromatic nitrogens is 1. The molecule has 1 amide bonds. The van der Waals surface area contributed by atoms with Crippen LogP contribution >= 0.6 is 0 Å². The summed E-state index contributed by atoms with van der Waals surface area (Å²) in [6, 6.07) is 8.25. The Balaban J connectivity index is 1.54. The van der Waals surface area contributed by atoms with Crippen LogP contribution in [0.2, 0.25) is 0 Å². The lowest BCUT2D eigenvalue weighted by Gasteiger charge is -2.37. The highest BCUT2D eigenvalue weighted by Gasteiger charge is 2.38. The third-order valence-corrected chi connectivity index (χ3v) is 5.09. The van der Waals surface area contributed by atoms with Crippen LogP contribution in [0.5, 0.6) is 5.75 Å². The van der Waals surface area contributed by atoms with Crippen molar-refractivity contribution in [2.45, 2.75) is 38.0 Å². The standard InChI is InChI=1S/C18H22N2O3/c1-22-14-5-6-15-13(11-14)7-8-19(15)12-18(21)20-9-10-23-17-4-2-3-16(17)20/h5-8,11,16-17H,2-4,9-10,12H2,1H3/t16-,17-/m0/s1. The number of rotatable bonds is 3. The number of fused-ring (bicyclic) bond motifs is 2. The Morgan fingerprint density at radius 3 is 3.13 bits per heavy atom. The van der Waals surface area contributed by atoms with E-state index in [4.69, 9.17) is 9.47 Å². The smallest absolute Gasteiger partial charge is 0.242 e. The van der Waals surface area contributed by atoms with Gasteiger partial charge in [-0.05, 0) is 43.5 Å². The maximum absolute atomic E-state index is 12.8. The molecule has 2 fully saturated rings. The highest BCUT2D eigenvalue weighted by Crippen LogP contribution is 2.30. The van der Waals surface area contributed by atoms with Gasteiger partial charge in [0.1, 0.15) is 12.3 Å². The number of benzene rings is 1. The first-order valence-corrected chi connectivity index (χ1v) is 8.30. The minimum Gasteiger partial charge on any atom is -0.497 e. The van der Waals surface area contributed by atoms with Crippen molar-refractivity contribution in [3.63, 3.8) is 0 Å². The molecule has 2 aromatic rings. The van der Waals surface area contributed by atoms with Gasteiger partial charge in [0.25, 0.3) is 0 Å². The fraction of sp³-hybridized carbons (Fsp3) is 0.500. The average Bonchev–Trinajstić information content (AvgIpc) is 3.21. The number of hydrogen-bond acceptors (Lipinski definition) is 3. The Morgan fingerprint density at radius 2 is 2.26 bits per heavy atom. The predicted octanol–water partition coefficient (Wildman–Crippen LogP) is 2.43. The Bertz CT molecular complexity index is 724. The minimum atomic E-state index is 0.193. The Hall–Kier alpha value is -2.01. The lowest BCUT2D eigenvalue weighted by Crippen LogP contribution is -2.52. The van der Waals surface area contributed by atoms with Crippen molar-refractivity contribution in [1.29, 1.82) is 0 Å². The minimum absolute atomic E-state index is 0.193. The fourth-order valence-electron chi connectivity index (χ4n) is 3.91. The molecule has 0 unspecified atom stereocenters. The first-order chi connectivity index (χ1) is 11.3. The molecule has 4 rings (SSSR count). The average molecular weight is 314 g/mol. The molecule has 1 saturated heterocycles. The molecule has 122 valence electrons. The van der Waals surface area contributed by atoms with Crippen LogP contribution in [0.4, 0.5) is 0 Å². The van der Waals surface area contributed by atoms with Crippen LogP contribution in [0.15, 0.2) is 30.5 Å². The summed E-state index contributed by atoms with van der Waals surface area (Å²) in [6.45, 7) is 1.77. The van der Waals surface area contributed by atoms with E-state index in [9.17, 15) is 4.79 Å². The molecule has 0 radical (unpaired) electrons. The topological polar surface area (TPSA) is 43.7 Å². The molecule has 2 heterocycles. The van der Waals surface area contributed by atoms with Crippen LogP contribution < -0.4 is 4.74 Å². The van der Waals surface area contributed by atoms with Crippen LogP contribution in [0.1, 0.15) is 19.3 Å². The quantitative estimate of drug-likeness (QED) is 0.874. The summed E-state index contributed by atoms with van der Waals surface area (Å²) in [4.78, 5) is 14.8. The second-order valence-corrected chi connectivity index (χ2v) is 6.36. The van der Waals surface area contributed by atoms with E-state index in [2.05, 4.69) is 0 Å². The molecule has 5 heteroatoms. The van der Waals surface area contributed by atoms with Crippen LogP contribution in [-0.4, -0.2) is 47.8 Å². The molecule has 5 nitrogen and oxygen atoms in total. The summed E-state index contributed by atoms with van der Waals surface area (Å²) in [7, 11) is 1.66. The van der Waals surface area contributed by atoms with E-state index in [1.807, 2.05) is 39.9 Å². The van der Waals surface area contributed by atoms with Crippen molar-refractivity contribution in [2.75, 3.05) is 20.3 Å². The van der Waals surface area contributed by atoms with E-state index >= 15 is 0 Å². The molecule has 1 aliphatic heterocycles. The Morgan fingerprint density at radius 1 is 1.35 bits per heavy atom. The zero-order chi connectivity index (χ0) is 15.8. The number of nitrogens with zero attached hydrogens (tertiary/aromatic N) is 2. The van der Waals surface area contributed by atoms with Gasteiger partial charge in [-0.1, -0.05) is 0 Å². The van der Waals surface area contributed by atoms with E-state index in [1.165, 1.54) is 0 Å². The molecule has 1 saturated carbocycles. The maximum Gasteiger partial charge on any atom is 0.242 e. The molecule has 0 bridgehead atoms. The van der Waals surface area contributed by atoms with Gasteiger partial charge in [0.2, 0.25) is 5.91 Å². The molecule has 0 spiro atoms. The van der Waals surface area contributed by atoms with E-state index in [0.29, 0.717) is 19.7 Å². The zero-order valence-electron chi connectivity index (χ0n) is 13.4. The molecule has 1 aliphatic carbocycles. The van der Waals surface area contributed by atoms with Crippen molar-refractivity contribution in [3.05, 3.63) is 30.5 Å². The largest absolute Gasteiger partial charge is 0.497 e. The summed E-state index contributed by atoms with van der Waals surface area (Å²) in [5, 5.41) is 1.10. The maximum atomic E-state index is 12.8. The van der Waals surface area contributed by atoms with Crippen LogP contribution in [-0.2, 0) is 16.1 Å². The molecule has 1 aromatic carbocycles. The molecule has 2 atom stereocenters. The molecular weight excluding hydrogens is 292 g/mol. The monoisotopic (exact) mass is 314 g/mol. The lowest BCUT2D eigenvalue weighted by atomic mass is 10.1. The first kappa shape index (κ1) is 14.6. The molecule has 1 aromatic heterocycles. The van der Waals surface area contributed by atoms with Gasteiger partial charge in [-0.2, -0.15) is 0 Å². The number of amides is 1. The number of carbonyl (C=O) groups excluding carboxylic acids is 1. The van der Waals surface area contributed by atoms with Crippen molar-refractivity contribution in [2.24, 2.45) is 0 Å². The third-order valence-electron chi connectivity index (χ3n) is 5.09. The van der Waals surface area contributed by atoms with E-state index in [0.717, 1.165) is 35.9 Å². The lowest BCUT2D eigenvalue weighted by molar-refractivity contribution is -0.144.